The van der Waals surface area contributed by atoms with Crippen molar-refractivity contribution in [2.45, 2.75) is 19.4 Å². The van der Waals surface area contributed by atoms with Gasteiger partial charge in [0.15, 0.2) is 11.5 Å². The van der Waals surface area contributed by atoms with E-state index in [4.69, 9.17) is 14.2 Å². The van der Waals surface area contributed by atoms with Crippen molar-refractivity contribution in [3.05, 3.63) is 30.6 Å². The van der Waals surface area contributed by atoms with Crippen molar-refractivity contribution in [1.82, 2.24) is 9.78 Å². The molecule has 0 aliphatic heterocycles. The summed E-state index contributed by atoms with van der Waals surface area (Å²) in [6.45, 7) is 1.93. The predicted molar refractivity (Wildman–Crippen MR) is 86.3 cm³/mol. The summed E-state index contributed by atoms with van der Waals surface area (Å²) < 4.78 is 17.5. The number of hydrogen-bond acceptors (Lipinski definition) is 5. The maximum atomic E-state index is 12.2. The highest BCUT2D eigenvalue weighted by atomic mass is 16.5. The maximum Gasteiger partial charge on any atom is 0.226 e. The zero-order chi connectivity index (χ0) is 16.8. The molecule has 1 unspecified atom stereocenters. The molecule has 1 aromatic carbocycles. The summed E-state index contributed by atoms with van der Waals surface area (Å²) >= 11 is 0. The van der Waals surface area contributed by atoms with Crippen LogP contribution in [0.25, 0.3) is 0 Å². The lowest BCUT2D eigenvalue weighted by Crippen LogP contribution is -2.18. The minimum atomic E-state index is -0.123. The van der Waals surface area contributed by atoms with Gasteiger partial charge in [-0.3, -0.25) is 9.48 Å². The predicted octanol–water partition coefficient (Wildman–Crippen LogP) is 2.50. The molecule has 1 amide bonds. The molecule has 0 saturated carbocycles. The molecule has 0 bridgehead atoms. The van der Waals surface area contributed by atoms with Gasteiger partial charge in [0.1, 0.15) is 0 Å². The molecule has 0 spiro atoms. The number of rotatable bonds is 7. The molecule has 124 valence electrons. The van der Waals surface area contributed by atoms with Crippen LogP contribution in [0.5, 0.6) is 17.2 Å². The van der Waals surface area contributed by atoms with Crippen LogP contribution in [0.15, 0.2) is 30.6 Å². The summed E-state index contributed by atoms with van der Waals surface area (Å²) in [5.74, 6) is 1.34. The number of carbonyl (C=O) groups excluding carboxylic acids is 1. The largest absolute Gasteiger partial charge is 0.493 e. The summed E-state index contributed by atoms with van der Waals surface area (Å²) in [5.41, 5.74) is 0.581. The van der Waals surface area contributed by atoms with Crippen molar-refractivity contribution in [3.63, 3.8) is 0 Å². The Kier molecular flexibility index (Phi) is 5.46. The Morgan fingerprint density at radius 2 is 1.87 bits per heavy atom. The highest BCUT2D eigenvalue weighted by Gasteiger charge is 2.16. The SMILES string of the molecule is COc1cc(NC(=O)CC(C)n2cccn2)cc(OC)c1OC. The number of aromatic nitrogens is 2. The molecule has 0 saturated heterocycles. The lowest BCUT2D eigenvalue weighted by atomic mass is 10.2. The summed E-state index contributed by atoms with van der Waals surface area (Å²) in [4.78, 5) is 12.2. The highest BCUT2D eigenvalue weighted by molar-refractivity contribution is 5.91. The third-order valence-electron chi connectivity index (χ3n) is 3.41. The van der Waals surface area contributed by atoms with Crippen LogP contribution in [-0.4, -0.2) is 37.0 Å². The van der Waals surface area contributed by atoms with Crippen LogP contribution in [0.2, 0.25) is 0 Å². The molecule has 2 aromatic rings. The average molecular weight is 319 g/mol. The molecule has 0 aliphatic carbocycles. The average Bonchev–Trinajstić information content (AvgIpc) is 3.08. The summed E-state index contributed by atoms with van der Waals surface area (Å²) in [7, 11) is 4.59. The van der Waals surface area contributed by atoms with Crippen molar-refractivity contribution < 1.29 is 19.0 Å². The van der Waals surface area contributed by atoms with Crippen molar-refractivity contribution in [3.8, 4) is 17.2 Å². The zero-order valence-corrected chi connectivity index (χ0v) is 13.7. The van der Waals surface area contributed by atoms with Gasteiger partial charge in [0.25, 0.3) is 0 Å². The molecule has 0 aliphatic rings. The number of amides is 1. The molecule has 0 radical (unpaired) electrons. The molecule has 2 rings (SSSR count). The van der Waals surface area contributed by atoms with Gasteiger partial charge in [0.05, 0.1) is 27.4 Å². The van der Waals surface area contributed by atoms with Gasteiger partial charge in [-0.1, -0.05) is 0 Å². The maximum absolute atomic E-state index is 12.2. The van der Waals surface area contributed by atoms with E-state index in [1.807, 2.05) is 19.2 Å². The normalized spacial score (nSPS) is 11.7. The van der Waals surface area contributed by atoms with Crippen LogP contribution in [-0.2, 0) is 4.79 Å². The summed E-state index contributed by atoms with van der Waals surface area (Å²) in [6, 6.07) is 5.18. The number of hydrogen-bond donors (Lipinski definition) is 1. The van der Waals surface area contributed by atoms with Crippen molar-refractivity contribution in [2.24, 2.45) is 0 Å². The van der Waals surface area contributed by atoms with E-state index in [0.29, 0.717) is 29.4 Å². The first kappa shape index (κ1) is 16.7. The minimum Gasteiger partial charge on any atom is -0.493 e. The quantitative estimate of drug-likeness (QED) is 0.848. The van der Waals surface area contributed by atoms with Gasteiger partial charge in [-0.25, -0.2) is 0 Å². The Labute approximate surface area is 135 Å². The molecule has 7 heteroatoms. The number of benzene rings is 1. The lowest BCUT2D eigenvalue weighted by Gasteiger charge is -2.16. The Hall–Kier alpha value is -2.70. The van der Waals surface area contributed by atoms with E-state index in [2.05, 4.69) is 10.4 Å². The highest BCUT2D eigenvalue weighted by Crippen LogP contribution is 2.39. The topological polar surface area (TPSA) is 74.6 Å². The lowest BCUT2D eigenvalue weighted by molar-refractivity contribution is -0.116. The third-order valence-corrected chi connectivity index (χ3v) is 3.41. The van der Waals surface area contributed by atoms with Gasteiger partial charge < -0.3 is 19.5 Å². The van der Waals surface area contributed by atoms with E-state index in [-0.39, 0.29) is 11.9 Å². The number of methoxy groups -OCH3 is 3. The van der Waals surface area contributed by atoms with Crippen LogP contribution in [0.1, 0.15) is 19.4 Å². The fourth-order valence-electron chi connectivity index (χ4n) is 2.27. The first-order valence-electron chi connectivity index (χ1n) is 7.18. The van der Waals surface area contributed by atoms with E-state index in [9.17, 15) is 4.79 Å². The molecule has 1 atom stereocenters. The van der Waals surface area contributed by atoms with E-state index in [1.165, 1.54) is 21.3 Å². The molecular formula is C16H21N3O4. The van der Waals surface area contributed by atoms with Crippen molar-refractivity contribution in [1.29, 1.82) is 0 Å². The molecule has 1 N–H and O–H groups in total. The van der Waals surface area contributed by atoms with Gasteiger partial charge in [-0.15, -0.1) is 0 Å². The number of nitrogens with zero attached hydrogens (tertiary/aromatic N) is 2. The molecule has 0 fully saturated rings. The fraction of sp³-hybridized carbons (Fsp3) is 0.375. The van der Waals surface area contributed by atoms with Gasteiger partial charge in [-0.2, -0.15) is 5.10 Å². The molecule has 1 aromatic heterocycles. The van der Waals surface area contributed by atoms with Crippen molar-refractivity contribution >= 4 is 11.6 Å². The monoisotopic (exact) mass is 319 g/mol. The van der Waals surface area contributed by atoms with Crippen LogP contribution in [0, 0.1) is 0 Å². The number of carbonyl (C=O) groups is 1. The first-order chi connectivity index (χ1) is 11.1. The van der Waals surface area contributed by atoms with Crippen LogP contribution in [0.4, 0.5) is 5.69 Å². The van der Waals surface area contributed by atoms with Gasteiger partial charge in [-0.05, 0) is 13.0 Å². The molecule has 23 heavy (non-hydrogen) atoms. The standard InChI is InChI=1S/C16H21N3O4/c1-11(19-7-5-6-17-19)8-15(20)18-12-9-13(21-2)16(23-4)14(10-12)22-3/h5-7,9-11H,8H2,1-4H3,(H,18,20). The fourth-order valence-corrected chi connectivity index (χ4v) is 2.27. The van der Waals surface area contributed by atoms with E-state index in [0.717, 1.165) is 0 Å². The Balaban J connectivity index is 2.11. The van der Waals surface area contributed by atoms with Crippen LogP contribution < -0.4 is 19.5 Å². The van der Waals surface area contributed by atoms with Gasteiger partial charge in [0.2, 0.25) is 11.7 Å². The molecular weight excluding hydrogens is 298 g/mol. The Morgan fingerprint density at radius 1 is 1.22 bits per heavy atom. The van der Waals surface area contributed by atoms with E-state index < -0.39 is 0 Å². The van der Waals surface area contributed by atoms with E-state index >= 15 is 0 Å². The number of nitrogens with one attached hydrogen (secondary N) is 1. The zero-order valence-electron chi connectivity index (χ0n) is 13.7. The second-order valence-electron chi connectivity index (χ2n) is 5.00. The van der Waals surface area contributed by atoms with Gasteiger partial charge >= 0.3 is 0 Å². The Morgan fingerprint density at radius 3 is 2.35 bits per heavy atom. The second kappa shape index (κ2) is 7.53. The van der Waals surface area contributed by atoms with E-state index in [1.54, 1.807) is 23.0 Å². The van der Waals surface area contributed by atoms with Crippen molar-refractivity contribution in [2.75, 3.05) is 26.6 Å². The van der Waals surface area contributed by atoms with Gasteiger partial charge in [0, 0.05) is 36.6 Å². The molecule has 7 nitrogen and oxygen atoms in total. The minimum absolute atomic E-state index is 0.0351. The van der Waals surface area contributed by atoms with Crippen LogP contribution >= 0.6 is 0 Å². The number of ether oxygens (including phenoxy) is 3. The number of anilines is 1. The molecule has 1 heterocycles. The van der Waals surface area contributed by atoms with Crippen LogP contribution in [0.3, 0.4) is 0 Å². The smallest absolute Gasteiger partial charge is 0.226 e. The summed E-state index contributed by atoms with van der Waals surface area (Å²) in [6.07, 6.45) is 3.82. The summed E-state index contributed by atoms with van der Waals surface area (Å²) in [5, 5.41) is 6.97. The first-order valence-corrected chi connectivity index (χ1v) is 7.18. The Bertz CT molecular complexity index is 630. The second-order valence-corrected chi connectivity index (χ2v) is 5.00. The third kappa shape index (κ3) is 3.94.